The Morgan fingerprint density at radius 1 is 1.48 bits per heavy atom. The number of amides is 1. The first-order valence-corrected chi connectivity index (χ1v) is 8.34. The maximum absolute atomic E-state index is 12.3. The second kappa shape index (κ2) is 6.24. The largest absolute Gasteiger partial charge is 0.353 e. The van der Waals surface area contributed by atoms with Gasteiger partial charge in [-0.3, -0.25) is 9.69 Å². The van der Waals surface area contributed by atoms with Crippen molar-refractivity contribution in [2.24, 2.45) is 0 Å². The molecular formula is C14H17N3O3S. The summed E-state index contributed by atoms with van der Waals surface area (Å²) in [7, 11) is -3.46. The molecule has 1 fully saturated rings. The number of hydrogen-bond donors (Lipinski definition) is 1. The van der Waals surface area contributed by atoms with Crippen LogP contribution in [0.15, 0.2) is 29.2 Å². The fourth-order valence-electron chi connectivity index (χ4n) is 2.25. The molecule has 6 nitrogen and oxygen atoms in total. The van der Waals surface area contributed by atoms with Crippen LogP contribution in [0.5, 0.6) is 0 Å². The predicted octanol–water partition coefficient (Wildman–Crippen LogP) is 0.152. The zero-order valence-corrected chi connectivity index (χ0v) is 12.6. The first-order chi connectivity index (χ1) is 9.94. The molecule has 0 bridgehead atoms. The van der Waals surface area contributed by atoms with Gasteiger partial charge in [0.25, 0.3) is 0 Å². The average molecular weight is 307 g/mol. The van der Waals surface area contributed by atoms with Crippen molar-refractivity contribution in [3.05, 3.63) is 29.8 Å². The summed E-state index contributed by atoms with van der Waals surface area (Å²) in [6.07, 6.45) is 0. The standard InChI is InChI=1S/C14H17N3O3S/c1-11-14(18)16-5-6-17(11)7-8-21(19,20)13-4-2-3-12(9-13)10-15/h2-4,9,11H,5-8H2,1H3,(H,16,18). The Labute approximate surface area is 124 Å². The molecule has 1 amide bonds. The second-order valence-corrected chi connectivity index (χ2v) is 7.07. The van der Waals surface area contributed by atoms with Crippen molar-refractivity contribution in [1.82, 2.24) is 10.2 Å². The van der Waals surface area contributed by atoms with Gasteiger partial charge in [0.2, 0.25) is 5.91 Å². The van der Waals surface area contributed by atoms with Crippen LogP contribution in [0, 0.1) is 11.3 Å². The minimum atomic E-state index is -3.46. The van der Waals surface area contributed by atoms with Crippen LogP contribution in [-0.2, 0) is 14.6 Å². The highest BCUT2D eigenvalue weighted by Gasteiger charge is 2.26. The van der Waals surface area contributed by atoms with Gasteiger partial charge in [0.1, 0.15) is 0 Å². The Morgan fingerprint density at radius 2 is 2.24 bits per heavy atom. The quantitative estimate of drug-likeness (QED) is 0.855. The van der Waals surface area contributed by atoms with Gasteiger partial charge in [-0.15, -0.1) is 0 Å². The average Bonchev–Trinajstić information content (AvgIpc) is 2.49. The molecule has 1 aliphatic heterocycles. The van der Waals surface area contributed by atoms with Gasteiger partial charge >= 0.3 is 0 Å². The van der Waals surface area contributed by atoms with Gasteiger partial charge in [-0.2, -0.15) is 5.26 Å². The Morgan fingerprint density at radius 3 is 2.95 bits per heavy atom. The molecular weight excluding hydrogens is 290 g/mol. The Hall–Kier alpha value is -1.91. The second-order valence-electron chi connectivity index (χ2n) is 4.96. The third-order valence-electron chi connectivity index (χ3n) is 3.59. The van der Waals surface area contributed by atoms with Gasteiger partial charge in [-0.05, 0) is 25.1 Å². The molecule has 1 N–H and O–H groups in total. The first kappa shape index (κ1) is 15.5. The Bertz CT molecular complexity index is 679. The van der Waals surface area contributed by atoms with E-state index < -0.39 is 9.84 Å². The van der Waals surface area contributed by atoms with Crippen molar-refractivity contribution in [3.8, 4) is 6.07 Å². The highest BCUT2D eigenvalue weighted by molar-refractivity contribution is 7.91. The molecule has 1 unspecified atom stereocenters. The molecule has 1 heterocycles. The van der Waals surface area contributed by atoms with Crippen molar-refractivity contribution < 1.29 is 13.2 Å². The smallest absolute Gasteiger partial charge is 0.237 e. The molecule has 0 aromatic heterocycles. The lowest BCUT2D eigenvalue weighted by Gasteiger charge is -2.32. The van der Waals surface area contributed by atoms with Crippen LogP contribution in [0.4, 0.5) is 0 Å². The SMILES string of the molecule is CC1C(=O)NCCN1CCS(=O)(=O)c1cccc(C#N)c1. The molecule has 1 aromatic carbocycles. The predicted molar refractivity (Wildman–Crippen MR) is 77.3 cm³/mol. The van der Waals surface area contributed by atoms with Crippen molar-refractivity contribution in [1.29, 1.82) is 5.26 Å². The van der Waals surface area contributed by atoms with Gasteiger partial charge in [0.15, 0.2) is 9.84 Å². The number of carbonyl (C=O) groups excluding carboxylic acids is 1. The van der Waals surface area contributed by atoms with Crippen LogP contribution in [-0.4, -0.2) is 50.7 Å². The van der Waals surface area contributed by atoms with E-state index in [0.29, 0.717) is 25.2 Å². The van der Waals surface area contributed by atoms with Gasteiger partial charge in [-0.1, -0.05) is 6.07 Å². The van der Waals surface area contributed by atoms with Crippen LogP contribution in [0.3, 0.4) is 0 Å². The Balaban J connectivity index is 2.07. The normalized spacial score (nSPS) is 19.8. The molecule has 1 saturated heterocycles. The molecule has 1 aromatic rings. The van der Waals surface area contributed by atoms with E-state index in [-0.39, 0.29) is 22.6 Å². The zero-order chi connectivity index (χ0) is 15.5. The minimum Gasteiger partial charge on any atom is -0.353 e. The summed E-state index contributed by atoms with van der Waals surface area (Å²) in [6, 6.07) is 7.60. The lowest BCUT2D eigenvalue weighted by atomic mass is 10.2. The van der Waals surface area contributed by atoms with E-state index >= 15 is 0 Å². The van der Waals surface area contributed by atoms with E-state index in [1.165, 1.54) is 12.1 Å². The van der Waals surface area contributed by atoms with E-state index in [9.17, 15) is 13.2 Å². The van der Waals surface area contributed by atoms with E-state index in [0.717, 1.165) is 0 Å². The summed E-state index contributed by atoms with van der Waals surface area (Å²) in [5.41, 5.74) is 0.321. The molecule has 0 aliphatic carbocycles. The molecule has 7 heteroatoms. The molecule has 0 saturated carbocycles. The van der Waals surface area contributed by atoms with Gasteiger partial charge in [0, 0.05) is 19.6 Å². The molecule has 1 atom stereocenters. The summed E-state index contributed by atoms with van der Waals surface area (Å²) in [6.45, 7) is 3.24. The molecule has 1 aliphatic rings. The maximum Gasteiger partial charge on any atom is 0.237 e. The van der Waals surface area contributed by atoms with Gasteiger partial charge in [0.05, 0.1) is 28.3 Å². The molecule has 2 rings (SSSR count). The van der Waals surface area contributed by atoms with Crippen molar-refractivity contribution in [2.45, 2.75) is 17.9 Å². The summed E-state index contributed by atoms with van der Waals surface area (Å²) in [4.78, 5) is 13.5. The number of carbonyl (C=O) groups is 1. The van der Waals surface area contributed by atoms with Crippen LogP contribution in [0.25, 0.3) is 0 Å². The Kier molecular flexibility index (Phi) is 4.60. The lowest BCUT2D eigenvalue weighted by molar-refractivity contribution is -0.128. The minimum absolute atomic E-state index is 0.0699. The number of rotatable bonds is 4. The zero-order valence-electron chi connectivity index (χ0n) is 11.7. The molecule has 0 radical (unpaired) electrons. The van der Waals surface area contributed by atoms with Gasteiger partial charge < -0.3 is 5.32 Å². The summed E-state index contributed by atoms with van der Waals surface area (Å²) < 4.78 is 24.6. The highest BCUT2D eigenvalue weighted by Crippen LogP contribution is 2.14. The topological polar surface area (TPSA) is 90.3 Å². The third kappa shape index (κ3) is 3.60. The van der Waals surface area contributed by atoms with E-state index in [1.807, 2.05) is 11.0 Å². The lowest BCUT2D eigenvalue weighted by Crippen LogP contribution is -2.54. The fourth-order valence-corrected chi connectivity index (χ4v) is 3.55. The third-order valence-corrected chi connectivity index (χ3v) is 5.29. The van der Waals surface area contributed by atoms with E-state index in [1.54, 1.807) is 19.1 Å². The number of piperazine rings is 1. The van der Waals surface area contributed by atoms with Crippen molar-refractivity contribution in [2.75, 3.05) is 25.4 Å². The van der Waals surface area contributed by atoms with Crippen LogP contribution in [0.1, 0.15) is 12.5 Å². The number of hydrogen-bond acceptors (Lipinski definition) is 5. The molecule has 112 valence electrons. The van der Waals surface area contributed by atoms with Crippen molar-refractivity contribution >= 4 is 15.7 Å². The first-order valence-electron chi connectivity index (χ1n) is 6.69. The highest BCUT2D eigenvalue weighted by atomic mass is 32.2. The van der Waals surface area contributed by atoms with Gasteiger partial charge in [-0.25, -0.2) is 8.42 Å². The van der Waals surface area contributed by atoms with Crippen LogP contribution in [0.2, 0.25) is 0 Å². The monoisotopic (exact) mass is 307 g/mol. The number of benzene rings is 1. The fraction of sp³-hybridized carbons (Fsp3) is 0.429. The molecule has 0 spiro atoms. The number of sulfone groups is 1. The number of nitrogens with one attached hydrogen (secondary N) is 1. The van der Waals surface area contributed by atoms with E-state index in [2.05, 4.69) is 5.32 Å². The number of nitriles is 1. The van der Waals surface area contributed by atoms with Crippen LogP contribution < -0.4 is 5.32 Å². The summed E-state index contributed by atoms with van der Waals surface area (Å²) in [5, 5.41) is 11.6. The summed E-state index contributed by atoms with van der Waals surface area (Å²) in [5.74, 6) is -0.149. The molecule has 21 heavy (non-hydrogen) atoms. The van der Waals surface area contributed by atoms with Crippen molar-refractivity contribution in [3.63, 3.8) is 0 Å². The number of nitrogens with zero attached hydrogens (tertiary/aromatic N) is 2. The van der Waals surface area contributed by atoms with E-state index in [4.69, 9.17) is 5.26 Å². The summed E-state index contributed by atoms with van der Waals surface area (Å²) >= 11 is 0. The maximum atomic E-state index is 12.3. The van der Waals surface area contributed by atoms with Crippen LogP contribution >= 0.6 is 0 Å².